The van der Waals surface area contributed by atoms with Crippen LogP contribution in [0.5, 0.6) is 5.75 Å². The van der Waals surface area contributed by atoms with E-state index in [-0.39, 0.29) is 18.4 Å². The Labute approximate surface area is 185 Å². The molecule has 4 aromatic rings. The number of methoxy groups -OCH3 is 1. The number of aromatic hydroxyl groups is 1. The van der Waals surface area contributed by atoms with Crippen LogP contribution in [0.4, 0.5) is 5.69 Å². The van der Waals surface area contributed by atoms with Gasteiger partial charge in [-0.2, -0.15) is 0 Å². The Balaban J connectivity index is 1.63. The number of esters is 1. The highest BCUT2D eigenvalue weighted by atomic mass is 16.6. The summed E-state index contributed by atoms with van der Waals surface area (Å²) in [5.41, 5.74) is 3.38. The van der Waals surface area contributed by atoms with Gasteiger partial charge in [-0.3, -0.25) is 9.97 Å². The summed E-state index contributed by atoms with van der Waals surface area (Å²) in [6.45, 7) is 0.553. The summed E-state index contributed by atoms with van der Waals surface area (Å²) in [4.78, 5) is 20.6. The molecule has 4 rings (SSSR count). The number of phenolic OH excluding ortho intramolecular Hbond substituents is 1. The molecule has 0 fully saturated rings. The van der Waals surface area contributed by atoms with Gasteiger partial charge in [0.25, 0.3) is 0 Å². The van der Waals surface area contributed by atoms with Gasteiger partial charge in [0.05, 0.1) is 18.2 Å². The number of nitrogens with one attached hydrogen (secondary N) is 1. The standard InChI is InChI=1S/C25H23N3O4/c1-31-15-16-32-25(30)19-4-7-20(8-5-19)28-22(18-10-13-26-14-11-18)21-9-6-17-3-2-12-27-23(17)24(21)29/h2-14,22,28-29H,15-16H2,1H3. The minimum absolute atomic E-state index is 0.121. The first-order valence-electron chi connectivity index (χ1n) is 10.2. The number of aromatic nitrogens is 2. The molecule has 32 heavy (non-hydrogen) atoms. The van der Waals surface area contributed by atoms with Gasteiger partial charge in [0, 0.05) is 42.3 Å². The number of hydrogen-bond acceptors (Lipinski definition) is 7. The summed E-state index contributed by atoms with van der Waals surface area (Å²) in [5.74, 6) is -0.284. The van der Waals surface area contributed by atoms with E-state index in [0.29, 0.717) is 23.3 Å². The van der Waals surface area contributed by atoms with Gasteiger partial charge in [0.15, 0.2) is 0 Å². The number of benzene rings is 2. The first-order chi connectivity index (χ1) is 15.7. The second kappa shape index (κ2) is 9.89. The molecule has 2 heterocycles. The molecule has 0 aliphatic carbocycles. The van der Waals surface area contributed by atoms with E-state index in [1.807, 2.05) is 36.4 Å². The van der Waals surface area contributed by atoms with Crippen LogP contribution in [0.15, 0.2) is 79.3 Å². The van der Waals surface area contributed by atoms with Crippen LogP contribution in [0.25, 0.3) is 10.9 Å². The maximum absolute atomic E-state index is 12.1. The monoisotopic (exact) mass is 429 g/mol. The van der Waals surface area contributed by atoms with E-state index in [0.717, 1.165) is 16.6 Å². The van der Waals surface area contributed by atoms with E-state index < -0.39 is 5.97 Å². The van der Waals surface area contributed by atoms with E-state index in [1.165, 1.54) is 0 Å². The Kier molecular flexibility index (Phi) is 6.57. The van der Waals surface area contributed by atoms with Crippen molar-refractivity contribution in [2.45, 2.75) is 6.04 Å². The van der Waals surface area contributed by atoms with Crippen molar-refractivity contribution in [3.63, 3.8) is 0 Å². The fourth-order valence-corrected chi connectivity index (χ4v) is 3.45. The second-order valence-corrected chi connectivity index (χ2v) is 7.14. The van der Waals surface area contributed by atoms with E-state index >= 15 is 0 Å². The summed E-state index contributed by atoms with van der Waals surface area (Å²) in [7, 11) is 1.55. The summed E-state index contributed by atoms with van der Waals surface area (Å²) in [6.07, 6.45) is 5.07. The Morgan fingerprint density at radius 2 is 1.78 bits per heavy atom. The summed E-state index contributed by atoms with van der Waals surface area (Å²) < 4.78 is 10.0. The van der Waals surface area contributed by atoms with Gasteiger partial charge in [0.1, 0.15) is 17.9 Å². The van der Waals surface area contributed by atoms with Gasteiger partial charge < -0.3 is 19.9 Å². The van der Waals surface area contributed by atoms with Crippen molar-refractivity contribution in [2.75, 3.05) is 25.6 Å². The van der Waals surface area contributed by atoms with Crippen LogP contribution in [-0.2, 0) is 9.47 Å². The molecule has 0 aliphatic heterocycles. The van der Waals surface area contributed by atoms with Crippen LogP contribution < -0.4 is 5.32 Å². The molecule has 2 aromatic carbocycles. The summed E-state index contributed by atoms with van der Waals surface area (Å²) in [5, 5.41) is 15.3. The molecule has 162 valence electrons. The number of fused-ring (bicyclic) bond motifs is 1. The summed E-state index contributed by atoms with van der Waals surface area (Å²) in [6, 6.07) is 18.0. The van der Waals surface area contributed by atoms with Crippen LogP contribution >= 0.6 is 0 Å². The average Bonchev–Trinajstić information content (AvgIpc) is 2.84. The molecular formula is C25H23N3O4. The van der Waals surface area contributed by atoms with Crippen LogP contribution in [0.2, 0.25) is 0 Å². The molecule has 2 aromatic heterocycles. The zero-order valence-electron chi connectivity index (χ0n) is 17.6. The van der Waals surface area contributed by atoms with Crippen molar-refractivity contribution in [2.24, 2.45) is 0 Å². The molecule has 7 nitrogen and oxygen atoms in total. The Morgan fingerprint density at radius 3 is 2.53 bits per heavy atom. The minimum Gasteiger partial charge on any atom is -0.505 e. The molecule has 0 saturated carbocycles. The topological polar surface area (TPSA) is 93.6 Å². The van der Waals surface area contributed by atoms with Crippen molar-refractivity contribution in [1.29, 1.82) is 0 Å². The normalized spacial score (nSPS) is 11.8. The molecule has 0 aliphatic rings. The quantitative estimate of drug-likeness (QED) is 0.318. The van der Waals surface area contributed by atoms with Crippen molar-refractivity contribution in [3.05, 3.63) is 95.9 Å². The average molecular weight is 429 g/mol. The number of anilines is 1. The highest BCUT2D eigenvalue weighted by Gasteiger charge is 2.20. The molecule has 7 heteroatoms. The largest absolute Gasteiger partial charge is 0.505 e. The van der Waals surface area contributed by atoms with Gasteiger partial charge in [-0.25, -0.2) is 4.79 Å². The molecular weight excluding hydrogens is 406 g/mol. The highest BCUT2D eigenvalue weighted by molar-refractivity contribution is 5.90. The lowest BCUT2D eigenvalue weighted by molar-refractivity contribution is 0.0388. The minimum atomic E-state index is -0.405. The second-order valence-electron chi connectivity index (χ2n) is 7.14. The molecule has 0 amide bonds. The van der Waals surface area contributed by atoms with E-state index in [4.69, 9.17) is 9.47 Å². The SMILES string of the molecule is COCCOC(=O)c1ccc(NC(c2ccncc2)c2ccc3cccnc3c2O)cc1. The maximum atomic E-state index is 12.1. The fraction of sp³-hybridized carbons (Fsp3) is 0.160. The number of pyridine rings is 2. The highest BCUT2D eigenvalue weighted by Crippen LogP contribution is 2.36. The number of rotatable bonds is 8. The Bertz CT molecular complexity index is 1200. The number of nitrogens with zero attached hydrogens (tertiary/aromatic N) is 2. The van der Waals surface area contributed by atoms with Crippen LogP contribution in [0.3, 0.4) is 0 Å². The predicted molar refractivity (Wildman–Crippen MR) is 122 cm³/mol. The smallest absolute Gasteiger partial charge is 0.338 e. The third kappa shape index (κ3) is 4.68. The van der Waals surface area contributed by atoms with Crippen LogP contribution in [0.1, 0.15) is 27.5 Å². The molecule has 2 N–H and O–H groups in total. The number of ether oxygens (including phenoxy) is 2. The predicted octanol–water partition coefficient (Wildman–Crippen LogP) is 4.34. The third-order valence-corrected chi connectivity index (χ3v) is 5.08. The van der Waals surface area contributed by atoms with E-state index in [9.17, 15) is 9.90 Å². The van der Waals surface area contributed by atoms with Crippen molar-refractivity contribution >= 4 is 22.6 Å². The molecule has 1 unspecified atom stereocenters. The van der Waals surface area contributed by atoms with E-state index in [1.54, 1.807) is 50.0 Å². The van der Waals surface area contributed by atoms with Gasteiger partial charge in [-0.05, 0) is 48.0 Å². The lowest BCUT2D eigenvalue weighted by atomic mass is 9.96. The number of phenols is 1. The molecule has 0 bridgehead atoms. The molecule has 0 radical (unpaired) electrons. The lowest BCUT2D eigenvalue weighted by Gasteiger charge is -2.22. The molecule has 0 saturated heterocycles. The molecule has 0 spiro atoms. The van der Waals surface area contributed by atoms with E-state index in [2.05, 4.69) is 15.3 Å². The van der Waals surface area contributed by atoms with Gasteiger partial charge >= 0.3 is 5.97 Å². The van der Waals surface area contributed by atoms with Gasteiger partial charge in [0.2, 0.25) is 0 Å². The van der Waals surface area contributed by atoms with Crippen molar-refractivity contribution in [1.82, 2.24) is 9.97 Å². The number of carbonyl (C=O) groups is 1. The van der Waals surface area contributed by atoms with Gasteiger partial charge in [-0.1, -0.05) is 18.2 Å². The third-order valence-electron chi connectivity index (χ3n) is 5.08. The zero-order chi connectivity index (χ0) is 22.3. The van der Waals surface area contributed by atoms with Crippen molar-refractivity contribution in [3.8, 4) is 5.75 Å². The first-order valence-corrected chi connectivity index (χ1v) is 10.2. The number of hydrogen-bond donors (Lipinski definition) is 2. The van der Waals surface area contributed by atoms with Crippen molar-refractivity contribution < 1.29 is 19.4 Å². The fourth-order valence-electron chi connectivity index (χ4n) is 3.45. The lowest BCUT2D eigenvalue weighted by Crippen LogP contribution is -2.13. The molecule has 1 atom stereocenters. The Morgan fingerprint density at radius 1 is 1.00 bits per heavy atom. The van der Waals surface area contributed by atoms with Gasteiger partial charge in [-0.15, -0.1) is 0 Å². The Hall–Kier alpha value is -3.97. The number of carbonyl (C=O) groups excluding carboxylic acids is 1. The summed E-state index contributed by atoms with van der Waals surface area (Å²) >= 11 is 0. The van der Waals surface area contributed by atoms with Crippen LogP contribution in [-0.4, -0.2) is 41.4 Å². The maximum Gasteiger partial charge on any atom is 0.338 e. The first kappa shape index (κ1) is 21.3. The zero-order valence-corrected chi connectivity index (χ0v) is 17.6. The van der Waals surface area contributed by atoms with Crippen LogP contribution in [0, 0.1) is 0 Å².